The highest BCUT2D eigenvalue weighted by Crippen LogP contribution is 2.29. The van der Waals surface area contributed by atoms with Crippen molar-refractivity contribution in [3.8, 4) is 11.5 Å². The molecule has 0 unspecified atom stereocenters. The molecule has 0 atom stereocenters. The van der Waals surface area contributed by atoms with Gasteiger partial charge >= 0.3 is 5.97 Å². The third-order valence-corrected chi connectivity index (χ3v) is 4.05. The third-order valence-electron chi connectivity index (χ3n) is 4.05. The van der Waals surface area contributed by atoms with Crippen molar-refractivity contribution in [2.45, 2.75) is 39.2 Å². The van der Waals surface area contributed by atoms with Crippen LogP contribution in [0, 0.1) is 0 Å². The van der Waals surface area contributed by atoms with E-state index in [-0.39, 0.29) is 11.4 Å². The first-order valence-corrected chi connectivity index (χ1v) is 8.51. The molecule has 0 saturated heterocycles. The zero-order chi connectivity index (χ0) is 18.2. The Hall–Kier alpha value is -2.50. The number of carbonyl (C=O) groups excluding carboxylic acids is 1. The summed E-state index contributed by atoms with van der Waals surface area (Å²) < 4.78 is 17.6. The zero-order valence-electron chi connectivity index (χ0n) is 15.0. The fraction of sp³-hybridized carbons (Fsp3) is 0.474. The fourth-order valence-electron chi connectivity index (χ4n) is 2.81. The van der Waals surface area contributed by atoms with Crippen LogP contribution in [-0.2, 0) is 16.1 Å². The van der Waals surface area contributed by atoms with Gasteiger partial charge in [-0.1, -0.05) is 6.42 Å². The van der Waals surface area contributed by atoms with Gasteiger partial charge in [-0.15, -0.1) is 0 Å². The first-order valence-electron chi connectivity index (χ1n) is 8.51. The first kappa shape index (κ1) is 18.8. The van der Waals surface area contributed by atoms with E-state index in [0.717, 1.165) is 31.3 Å². The highest BCUT2D eigenvalue weighted by Gasteiger charge is 2.11. The Morgan fingerprint density at radius 2 is 1.92 bits per heavy atom. The van der Waals surface area contributed by atoms with Gasteiger partial charge in [0.25, 0.3) is 0 Å². The number of aryl methyl sites for hydroxylation is 1. The topological polar surface area (TPSA) is 66.8 Å². The Labute approximate surface area is 147 Å². The largest absolute Gasteiger partial charge is 0.497 e. The van der Waals surface area contributed by atoms with Crippen LogP contribution in [0.2, 0.25) is 0 Å². The zero-order valence-corrected chi connectivity index (χ0v) is 15.0. The summed E-state index contributed by atoms with van der Waals surface area (Å²) in [7, 11) is 3.14. The van der Waals surface area contributed by atoms with E-state index in [1.807, 2.05) is 11.5 Å². The Morgan fingerprint density at radius 3 is 2.60 bits per heavy atom. The number of esters is 1. The Morgan fingerprint density at radius 1 is 1.12 bits per heavy atom. The molecule has 0 bridgehead atoms. The van der Waals surface area contributed by atoms with Crippen LogP contribution in [-0.4, -0.2) is 31.4 Å². The SMILES string of the molecule is CCOC(=O)CCCCCn1ccc(=O)c2cc(OC)cc(OC)c21. The van der Waals surface area contributed by atoms with Gasteiger partial charge in [0.05, 0.1) is 31.7 Å². The normalized spacial score (nSPS) is 10.7. The number of rotatable bonds is 9. The second-order valence-corrected chi connectivity index (χ2v) is 5.71. The van der Waals surface area contributed by atoms with Crippen molar-refractivity contribution in [1.29, 1.82) is 0 Å². The summed E-state index contributed by atoms with van der Waals surface area (Å²) in [5, 5.41) is 0.574. The lowest BCUT2D eigenvalue weighted by Gasteiger charge is -2.15. The summed E-state index contributed by atoms with van der Waals surface area (Å²) in [6.07, 6.45) is 4.82. The van der Waals surface area contributed by atoms with Crippen molar-refractivity contribution in [3.63, 3.8) is 0 Å². The van der Waals surface area contributed by atoms with Crippen LogP contribution in [0.25, 0.3) is 10.9 Å². The number of pyridine rings is 1. The standard InChI is InChI=1S/C19H25NO5/c1-4-25-18(22)8-6-5-7-10-20-11-9-16(21)15-12-14(23-2)13-17(24-3)19(15)20/h9,11-13H,4-8,10H2,1-3H3. The minimum atomic E-state index is -0.148. The molecular formula is C19H25NO5. The van der Waals surface area contributed by atoms with Gasteiger partial charge in [0, 0.05) is 31.3 Å². The van der Waals surface area contributed by atoms with Crippen LogP contribution >= 0.6 is 0 Å². The van der Waals surface area contributed by atoms with Gasteiger partial charge < -0.3 is 18.8 Å². The van der Waals surface area contributed by atoms with Crippen molar-refractivity contribution in [1.82, 2.24) is 4.57 Å². The van der Waals surface area contributed by atoms with Crippen molar-refractivity contribution in [2.75, 3.05) is 20.8 Å². The lowest BCUT2D eigenvalue weighted by Crippen LogP contribution is -2.10. The summed E-state index contributed by atoms with van der Waals surface area (Å²) in [6, 6.07) is 5.07. The molecule has 1 aromatic heterocycles. The maximum Gasteiger partial charge on any atom is 0.305 e. The average Bonchev–Trinajstić information content (AvgIpc) is 2.62. The number of benzene rings is 1. The molecule has 0 radical (unpaired) electrons. The van der Waals surface area contributed by atoms with E-state index >= 15 is 0 Å². The predicted octanol–water partition coefficient (Wildman–Crippen LogP) is 3.14. The molecule has 0 aliphatic rings. The van der Waals surface area contributed by atoms with Crippen LogP contribution < -0.4 is 14.9 Å². The summed E-state index contributed by atoms with van der Waals surface area (Å²) in [4.78, 5) is 23.5. The number of nitrogens with zero attached hydrogens (tertiary/aromatic N) is 1. The molecule has 2 aromatic rings. The molecule has 6 heteroatoms. The number of hydrogen-bond acceptors (Lipinski definition) is 5. The lowest BCUT2D eigenvalue weighted by molar-refractivity contribution is -0.143. The van der Waals surface area contributed by atoms with Gasteiger partial charge in [0.2, 0.25) is 0 Å². The van der Waals surface area contributed by atoms with E-state index in [2.05, 4.69) is 0 Å². The van der Waals surface area contributed by atoms with E-state index < -0.39 is 0 Å². The molecule has 0 aliphatic heterocycles. The quantitative estimate of drug-likeness (QED) is 0.515. The molecule has 2 rings (SSSR count). The second-order valence-electron chi connectivity index (χ2n) is 5.71. The number of fused-ring (bicyclic) bond motifs is 1. The van der Waals surface area contributed by atoms with Gasteiger partial charge in [-0.05, 0) is 25.8 Å². The number of aromatic nitrogens is 1. The highest BCUT2D eigenvalue weighted by molar-refractivity contribution is 5.86. The molecule has 0 aliphatic carbocycles. The van der Waals surface area contributed by atoms with Crippen LogP contribution in [0.5, 0.6) is 11.5 Å². The Bertz CT molecular complexity index is 781. The first-order chi connectivity index (χ1) is 12.1. The third kappa shape index (κ3) is 4.75. The van der Waals surface area contributed by atoms with Crippen molar-refractivity contribution in [3.05, 3.63) is 34.6 Å². The van der Waals surface area contributed by atoms with Gasteiger partial charge in [-0.2, -0.15) is 0 Å². The highest BCUT2D eigenvalue weighted by atomic mass is 16.5. The number of carbonyl (C=O) groups is 1. The van der Waals surface area contributed by atoms with Crippen LogP contribution in [0.15, 0.2) is 29.2 Å². The molecule has 0 N–H and O–H groups in total. The summed E-state index contributed by atoms with van der Waals surface area (Å²) in [5.74, 6) is 1.05. The Kier molecular flexibility index (Phi) is 6.86. The van der Waals surface area contributed by atoms with Gasteiger partial charge in [0.1, 0.15) is 11.5 Å². The van der Waals surface area contributed by atoms with Crippen molar-refractivity contribution in [2.24, 2.45) is 0 Å². The molecule has 0 fully saturated rings. The molecule has 1 heterocycles. The maximum absolute atomic E-state index is 12.2. The van der Waals surface area contributed by atoms with Crippen molar-refractivity contribution >= 4 is 16.9 Å². The predicted molar refractivity (Wildman–Crippen MR) is 96.4 cm³/mol. The minimum absolute atomic E-state index is 0.0641. The molecule has 6 nitrogen and oxygen atoms in total. The monoisotopic (exact) mass is 347 g/mol. The van der Waals surface area contributed by atoms with Crippen LogP contribution in [0.4, 0.5) is 0 Å². The van der Waals surface area contributed by atoms with E-state index in [4.69, 9.17) is 14.2 Å². The van der Waals surface area contributed by atoms with Crippen molar-refractivity contribution < 1.29 is 19.0 Å². The molecule has 1 aromatic carbocycles. The molecule has 136 valence electrons. The summed E-state index contributed by atoms with van der Waals surface area (Å²) >= 11 is 0. The number of unbranched alkanes of at least 4 members (excludes halogenated alkanes) is 2. The molecule has 25 heavy (non-hydrogen) atoms. The second kappa shape index (κ2) is 9.11. The lowest BCUT2D eigenvalue weighted by atomic mass is 10.1. The molecule has 0 saturated carbocycles. The number of ether oxygens (including phenoxy) is 3. The molecular weight excluding hydrogens is 322 g/mol. The average molecular weight is 347 g/mol. The number of methoxy groups -OCH3 is 2. The fourth-order valence-corrected chi connectivity index (χ4v) is 2.81. The van der Waals surface area contributed by atoms with Gasteiger partial charge in [-0.3, -0.25) is 9.59 Å². The van der Waals surface area contributed by atoms with E-state index in [1.54, 1.807) is 38.6 Å². The van der Waals surface area contributed by atoms with Gasteiger partial charge in [-0.25, -0.2) is 0 Å². The van der Waals surface area contributed by atoms with Crippen LogP contribution in [0.3, 0.4) is 0 Å². The Balaban J connectivity index is 2.12. The van der Waals surface area contributed by atoms with E-state index in [9.17, 15) is 9.59 Å². The molecule has 0 spiro atoms. The maximum atomic E-state index is 12.2. The molecule has 0 amide bonds. The summed E-state index contributed by atoms with van der Waals surface area (Å²) in [5.41, 5.74) is 0.701. The van der Waals surface area contributed by atoms with Crippen LogP contribution in [0.1, 0.15) is 32.6 Å². The van der Waals surface area contributed by atoms with E-state index in [1.165, 1.54) is 0 Å². The number of hydrogen-bond donors (Lipinski definition) is 0. The smallest absolute Gasteiger partial charge is 0.305 e. The van der Waals surface area contributed by atoms with Gasteiger partial charge in [0.15, 0.2) is 5.43 Å². The minimum Gasteiger partial charge on any atom is -0.497 e. The summed E-state index contributed by atoms with van der Waals surface area (Å²) in [6.45, 7) is 2.97. The van der Waals surface area contributed by atoms with E-state index in [0.29, 0.717) is 29.9 Å².